The molecule has 1 aromatic carbocycles. The molecule has 1 saturated heterocycles. The average molecular weight is 986 g/mol. The number of carboxylic acids is 1. The van der Waals surface area contributed by atoms with Crippen molar-refractivity contribution in [3.05, 3.63) is 29.8 Å². The Labute approximate surface area is 424 Å². The largest absolute Gasteiger partial charge is 0.480 e. The first kappa shape index (κ1) is 53.5. The van der Waals surface area contributed by atoms with Crippen LogP contribution in [0.3, 0.4) is 0 Å². The number of hydrogen-bond donors (Lipinski definition) is 7. The Bertz CT molecular complexity index is 2070. The molecular formula is C57H91N7O7. The minimum atomic E-state index is -1.08. The van der Waals surface area contributed by atoms with E-state index in [4.69, 9.17) is 5.73 Å². The third kappa shape index (κ3) is 11.3. The molecule has 9 unspecified atom stereocenters. The number of aliphatic hydroxyl groups is 1. The Balaban J connectivity index is 1.16. The number of nitrogens with one attached hydrogen (secondary N) is 4. The molecular weight excluding hydrogens is 895 g/mol. The number of hydrogen-bond acceptors (Lipinski definition) is 9. The second-order valence-electron chi connectivity index (χ2n) is 25.7. The first-order valence-corrected chi connectivity index (χ1v) is 28.1. The van der Waals surface area contributed by atoms with E-state index >= 15 is 9.59 Å². The standard InChI is InChI=1S/C57H91N7O7/c1-35(2)49(62-57-28-11-14-38(34-57)55(6,7)26-10-8-9-17-46(57)65)51(68)60-42(16-13-30-59-53(58)71)50(67)56-27-12-15-40-41-33-45-48(41)37(24-29-56)32-44(40)63(54(3,4)5)31-25-47(66)64(45)43(52(69)70)23-20-36-18-21-39(61-56)22-19-36/h18-19,21-22,35,37-38,40-46,48-49,61-62,65H,8-17,20,23-34H2,1-7H3,(H,60,68)(H,69,70)(H3,58,59,71)/t37?,38-,40?,41?,42+,43+,44?,45?,46?,48?,49+,56?,57?/m1/s1. The summed E-state index contributed by atoms with van der Waals surface area (Å²) in [6.45, 7) is 16.4. The Hall–Kier alpha value is -3.75. The number of carbonyl (C=O) groups excluding carboxylic acids is 4. The van der Waals surface area contributed by atoms with Crippen molar-refractivity contribution in [2.45, 2.75) is 236 Å². The van der Waals surface area contributed by atoms with Gasteiger partial charge in [-0.2, -0.15) is 0 Å². The number of fused-ring (bicyclic) bond motifs is 8. The molecule has 10 rings (SSSR count). The number of primary amides is 1. The number of rotatable bonds is 12. The number of nitrogens with two attached hydrogens (primary N) is 1. The van der Waals surface area contributed by atoms with Crippen molar-refractivity contribution in [1.29, 1.82) is 0 Å². The number of nitrogens with zero attached hydrogens (tertiary/aromatic N) is 2. The molecule has 14 heteroatoms. The number of Topliss-reactive ketones (excluding diaryl/α,β-unsaturated/α-hetero) is 1. The summed E-state index contributed by atoms with van der Waals surface area (Å²) >= 11 is 0. The number of benzene rings is 1. The molecule has 0 aromatic heterocycles. The summed E-state index contributed by atoms with van der Waals surface area (Å²) in [4.78, 5) is 75.7. The Kier molecular flexibility index (Phi) is 16.3. The van der Waals surface area contributed by atoms with Gasteiger partial charge in [0.1, 0.15) is 6.04 Å². The van der Waals surface area contributed by atoms with Gasteiger partial charge in [-0.3, -0.25) is 24.6 Å². The minimum Gasteiger partial charge on any atom is -0.480 e. The lowest BCUT2D eigenvalue weighted by molar-refractivity contribution is -0.178. The van der Waals surface area contributed by atoms with Gasteiger partial charge in [-0.05, 0) is 176 Å². The lowest BCUT2D eigenvalue weighted by Gasteiger charge is -2.64. The van der Waals surface area contributed by atoms with Crippen molar-refractivity contribution < 1.29 is 34.2 Å². The van der Waals surface area contributed by atoms with Crippen LogP contribution < -0.4 is 27.0 Å². The fourth-order valence-electron chi connectivity index (χ4n) is 15.7. The van der Waals surface area contributed by atoms with E-state index in [0.29, 0.717) is 69.2 Å². The van der Waals surface area contributed by atoms with E-state index in [0.717, 1.165) is 88.3 Å². The minimum absolute atomic E-state index is 0.0729. The van der Waals surface area contributed by atoms with E-state index in [-0.39, 0.29) is 77.8 Å². The molecule has 10 bridgehead atoms. The summed E-state index contributed by atoms with van der Waals surface area (Å²) in [7, 11) is 0. The van der Waals surface area contributed by atoms with Crippen LogP contribution in [-0.2, 0) is 25.6 Å². The predicted molar refractivity (Wildman–Crippen MR) is 277 cm³/mol. The first-order chi connectivity index (χ1) is 33.6. The Morgan fingerprint density at radius 2 is 1.62 bits per heavy atom. The monoisotopic (exact) mass is 986 g/mol. The molecule has 3 aliphatic heterocycles. The number of carbonyl (C=O) groups is 5. The highest BCUT2D eigenvalue weighted by molar-refractivity contribution is 5.98. The van der Waals surface area contributed by atoms with Gasteiger partial charge in [0.2, 0.25) is 11.8 Å². The van der Waals surface area contributed by atoms with Crippen LogP contribution in [0.15, 0.2) is 24.3 Å². The van der Waals surface area contributed by atoms with Crippen molar-refractivity contribution in [3.8, 4) is 0 Å². The van der Waals surface area contributed by atoms with Crippen LogP contribution in [0, 0.1) is 40.9 Å². The highest BCUT2D eigenvalue weighted by atomic mass is 16.4. The molecule has 8 N–H and O–H groups in total. The average Bonchev–Trinajstić information content (AvgIpc) is 3.30. The molecule has 13 atom stereocenters. The van der Waals surface area contributed by atoms with E-state index in [1.165, 1.54) is 0 Å². The molecule has 71 heavy (non-hydrogen) atoms. The second kappa shape index (κ2) is 21.6. The van der Waals surface area contributed by atoms with E-state index < -0.39 is 47.3 Å². The van der Waals surface area contributed by atoms with Crippen molar-refractivity contribution >= 4 is 35.3 Å². The smallest absolute Gasteiger partial charge is 0.326 e. The number of aryl methyl sites for hydroxylation is 1. The molecule has 6 saturated carbocycles. The molecule has 6 aliphatic carbocycles. The molecule has 0 radical (unpaired) electrons. The van der Waals surface area contributed by atoms with Gasteiger partial charge in [0, 0.05) is 48.4 Å². The fourth-order valence-corrected chi connectivity index (χ4v) is 15.7. The Morgan fingerprint density at radius 1 is 0.873 bits per heavy atom. The van der Waals surface area contributed by atoms with E-state index in [2.05, 4.69) is 60.8 Å². The molecule has 14 nitrogen and oxygen atoms in total. The molecule has 0 spiro atoms. The summed E-state index contributed by atoms with van der Waals surface area (Å²) < 4.78 is 0. The van der Waals surface area contributed by atoms with Gasteiger partial charge in [0.25, 0.3) is 0 Å². The maximum absolute atomic E-state index is 16.2. The molecule has 396 valence electrons. The van der Waals surface area contributed by atoms with Crippen LogP contribution in [0.1, 0.15) is 182 Å². The number of aliphatic carboxylic acids is 1. The summed E-state index contributed by atoms with van der Waals surface area (Å²) in [6.07, 6.45) is 15.0. The van der Waals surface area contributed by atoms with Crippen LogP contribution in [0.25, 0.3) is 0 Å². The first-order valence-electron chi connectivity index (χ1n) is 28.1. The molecule has 1 aromatic rings. The van der Waals surface area contributed by atoms with E-state index in [1.807, 2.05) is 43.0 Å². The highest BCUT2D eigenvalue weighted by Crippen LogP contribution is 2.59. The van der Waals surface area contributed by atoms with Gasteiger partial charge in [-0.25, -0.2) is 9.59 Å². The SMILES string of the molecule is CC(C)[C@H](NC12CCC[C@H](C1)C(C)(C)CCCCCC2O)C(=O)N[C@@H](CCCNC(N)=O)C(=O)C12CCCC3C4CC5C4C(CC1)CC3N(C(C)(C)C)CCC(=O)N5[C@H](C(=O)O)CCc1ccc(cc1)N2. The van der Waals surface area contributed by atoms with Crippen molar-refractivity contribution in [1.82, 2.24) is 25.8 Å². The zero-order valence-corrected chi connectivity index (χ0v) is 44.4. The number of anilines is 1. The lowest BCUT2D eigenvalue weighted by atomic mass is 9.49. The van der Waals surface area contributed by atoms with Crippen molar-refractivity contribution in [2.24, 2.45) is 46.7 Å². The molecule has 4 amide bonds. The third-order valence-corrected chi connectivity index (χ3v) is 19.6. The topological polar surface area (TPSA) is 206 Å². The molecule has 9 aliphatic rings. The highest BCUT2D eigenvalue weighted by Gasteiger charge is 2.61. The number of urea groups is 1. The maximum atomic E-state index is 16.2. The second-order valence-corrected chi connectivity index (χ2v) is 25.7. The van der Waals surface area contributed by atoms with Crippen LogP contribution in [-0.4, -0.2) is 116 Å². The summed E-state index contributed by atoms with van der Waals surface area (Å²) in [5, 5.41) is 36.9. The van der Waals surface area contributed by atoms with Crippen LogP contribution in [0.2, 0.25) is 0 Å². The van der Waals surface area contributed by atoms with Gasteiger partial charge >= 0.3 is 12.0 Å². The van der Waals surface area contributed by atoms with E-state index in [9.17, 15) is 24.6 Å². The van der Waals surface area contributed by atoms with Crippen molar-refractivity contribution in [2.75, 3.05) is 18.4 Å². The number of carboxylic acid groups (broad SMARTS) is 1. The zero-order chi connectivity index (χ0) is 51.0. The van der Waals surface area contributed by atoms with Gasteiger partial charge in [0.15, 0.2) is 5.78 Å². The number of aliphatic hydroxyl groups excluding tert-OH is 1. The van der Waals surface area contributed by atoms with Crippen LogP contribution >= 0.6 is 0 Å². The van der Waals surface area contributed by atoms with Gasteiger partial charge in [0.05, 0.1) is 23.7 Å². The normalized spacial score (nSPS) is 35.2. The number of ketones is 1. The van der Waals surface area contributed by atoms with Crippen molar-refractivity contribution in [3.63, 3.8) is 0 Å². The van der Waals surface area contributed by atoms with Gasteiger partial charge in [-0.1, -0.05) is 71.9 Å². The van der Waals surface area contributed by atoms with Crippen LogP contribution in [0.4, 0.5) is 10.5 Å². The lowest BCUT2D eigenvalue weighted by Crippen LogP contribution is -2.69. The zero-order valence-electron chi connectivity index (χ0n) is 44.4. The molecule has 7 fully saturated rings. The maximum Gasteiger partial charge on any atom is 0.326 e. The predicted octanol–water partition coefficient (Wildman–Crippen LogP) is 7.94. The molecule has 3 heterocycles. The third-order valence-electron chi connectivity index (χ3n) is 19.6. The summed E-state index contributed by atoms with van der Waals surface area (Å²) in [6, 6.07) is 4.93. The summed E-state index contributed by atoms with van der Waals surface area (Å²) in [5.74, 6) is -0.154. The Morgan fingerprint density at radius 3 is 2.32 bits per heavy atom. The number of amides is 4. The quantitative estimate of drug-likeness (QED) is 0.101. The summed E-state index contributed by atoms with van der Waals surface area (Å²) in [5.41, 5.74) is 5.47. The van der Waals surface area contributed by atoms with Crippen LogP contribution in [0.5, 0.6) is 0 Å². The fraction of sp³-hybridized carbons (Fsp3) is 0.807. The van der Waals surface area contributed by atoms with Gasteiger partial charge < -0.3 is 36.8 Å². The van der Waals surface area contributed by atoms with E-state index in [1.54, 1.807) is 0 Å². The van der Waals surface area contributed by atoms with Gasteiger partial charge in [-0.15, -0.1) is 0 Å².